The minimum atomic E-state index is -0.916. The molecule has 3 aliphatic heterocycles. The smallest absolute Gasteiger partial charge is 0.414 e. The molecule has 5 atom stereocenters. The lowest BCUT2D eigenvalue weighted by molar-refractivity contribution is -0.148. The summed E-state index contributed by atoms with van der Waals surface area (Å²) in [6, 6.07) is 41.5. The molecule has 6 aromatic carbocycles. The topological polar surface area (TPSA) is 237 Å². The maximum atomic E-state index is 12.6. The molecule has 2 fully saturated rings. The number of anilines is 4. The van der Waals surface area contributed by atoms with Gasteiger partial charge in [-0.3, -0.25) is 29.1 Å². The molecular weight excluding hydrogens is 1290 g/mol. The molecule has 9 aromatic rings. The first-order valence-corrected chi connectivity index (χ1v) is 36.0. The van der Waals surface area contributed by atoms with E-state index < -0.39 is 18.0 Å². The van der Waals surface area contributed by atoms with Crippen molar-refractivity contribution in [3.63, 3.8) is 0 Å². The molecule has 14 rings (SSSR count). The molecule has 21 heteroatoms. The van der Waals surface area contributed by atoms with Crippen LogP contribution in [0.2, 0.25) is 0 Å². The van der Waals surface area contributed by atoms with E-state index in [2.05, 4.69) is 89.4 Å². The first-order valence-electron chi connectivity index (χ1n) is 36.0. The van der Waals surface area contributed by atoms with Crippen LogP contribution in [0.4, 0.5) is 37.1 Å². The summed E-state index contributed by atoms with van der Waals surface area (Å²) in [7, 11) is 8.33. The minimum absolute atomic E-state index is 0.0253. The Hall–Kier alpha value is -10.1. The zero-order valence-corrected chi connectivity index (χ0v) is 60.7. The summed E-state index contributed by atoms with van der Waals surface area (Å²) in [5.74, 6) is 1.26. The average Bonchev–Trinajstić information content (AvgIpc) is 1.56. The van der Waals surface area contributed by atoms with Gasteiger partial charge in [0.2, 0.25) is 0 Å². The number of aromatic nitrogens is 6. The van der Waals surface area contributed by atoms with Crippen LogP contribution in [-0.2, 0) is 73.7 Å². The lowest BCUT2D eigenvalue weighted by Crippen LogP contribution is -2.42. The number of nitrogens with zero attached hydrogens (tertiary/aromatic N) is 10. The highest BCUT2D eigenvalue weighted by Gasteiger charge is 2.43. The van der Waals surface area contributed by atoms with Crippen LogP contribution in [0.1, 0.15) is 169 Å². The Balaban J connectivity index is 0.000000146. The molecule has 3 aromatic heterocycles. The quantitative estimate of drug-likeness (QED) is 0.102. The van der Waals surface area contributed by atoms with Crippen molar-refractivity contribution in [1.29, 1.82) is 0 Å². The number of hydrogen-bond acceptors (Lipinski definition) is 13. The normalized spacial score (nSPS) is 20.6. The van der Waals surface area contributed by atoms with Gasteiger partial charge in [-0.15, -0.1) is 0 Å². The average molecular weight is 1390 g/mol. The van der Waals surface area contributed by atoms with E-state index in [9.17, 15) is 39.0 Å². The fraction of sp³-hybridized carbons (Fsp3) is 0.444. The Bertz CT molecular complexity index is 4590. The van der Waals surface area contributed by atoms with Gasteiger partial charge in [-0.1, -0.05) is 86.6 Å². The van der Waals surface area contributed by atoms with E-state index in [0.29, 0.717) is 36.9 Å². The van der Waals surface area contributed by atoms with Gasteiger partial charge in [-0.25, -0.2) is 29.3 Å². The van der Waals surface area contributed by atoms with Gasteiger partial charge in [0.25, 0.3) is 0 Å². The molecule has 536 valence electrons. The largest absolute Gasteiger partial charge is 0.481 e. The van der Waals surface area contributed by atoms with Crippen LogP contribution in [0.15, 0.2) is 121 Å². The Kier molecular flexibility index (Phi) is 21.3. The number of ketones is 1. The summed E-state index contributed by atoms with van der Waals surface area (Å²) >= 11 is 0. The lowest BCUT2D eigenvalue weighted by atomic mass is 9.67. The van der Waals surface area contributed by atoms with Crippen molar-refractivity contribution in [2.75, 3.05) is 55.0 Å². The number of carbonyl (C=O) groups is 6. The molecule has 6 heterocycles. The van der Waals surface area contributed by atoms with Gasteiger partial charge in [0.15, 0.2) is 0 Å². The summed E-state index contributed by atoms with van der Waals surface area (Å²) in [6.45, 7) is 11.8. The molecule has 0 spiro atoms. The Morgan fingerprint density at radius 2 is 0.882 bits per heavy atom. The number of benzene rings is 6. The molecule has 0 unspecified atom stereocenters. The number of aryl methyl sites for hydroxylation is 3. The third-order valence-corrected chi connectivity index (χ3v) is 22.1. The van der Waals surface area contributed by atoms with Crippen molar-refractivity contribution in [1.82, 2.24) is 28.7 Å². The second kappa shape index (κ2) is 30.3. The number of carbonyl (C=O) groups excluding carboxylic acids is 4. The van der Waals surface area contributed by atoms with E-state index in [-0.39, 0.29) is 60.1 Å². The van der Waals surface area contributed by atoms with E-state index in [4.69, 9.17) is 29.2 Å². The van der Waals surface area contributed by atoms with Crippen molar-refractivity contribution >= 4 is 91.9 Å². The number of Topliss-reactive ketones (excluding diaryl/α,β-unsaturated/α-hetero) is 1. The number of ether oxygens (including phenoxy) is 3. The van der Waals surface area contributed by atoms with Crippen LogP contribution in [0, 0.1) is 17.3 Å². The fourth-order valence-corrected chi connectivity index (χ4v) is 16.7. The molecule has 2 N–H and O–H groups in total. The second-order valence-electron chi connectivity index (χ2n) is 29.3. The van der Waals surface area contributed by atoms with Crippen molar-refractivity contribution in [3.8, 4) is 0 Å². The zero-order chi connectivity index (χ0) is 72.4. The molecule has 2 aliphatic carbocycles. The van der Waals surface area contributed by atoms with E-state index in [0.717, 1.165) is 168 Å². The van der Waals surface area contributed by atoms with Gasteiger partial charge in [-0.05, 0) is 182 Å². The highest BCUT2D eigenvalue weighted by molar-refractivity contribution is 5.98. The first-order chi connectivity index (χ1) is 49.0. The van der Waals surface area contributed by atoms with Gasteiger partial charge in [-0.2, -0.15) is 0 Å². The molecule has 0 bridgehead atoms. The van der Waals surface area contributed by atoms with Crippen LogP contribution in [0.25, 0.3) is 33.1 Å². The Labute approximate surface area is 596 Å². The van der Waals surface area contributed by atoms with Gasteiger partial charge in [0.05, 0.1) is 77.4 Å². The van der Waals surface area contributed by atoms with Crippen LogP contribution in [0.3, 0.4) is 0 Å². The molecule has 2 saturated carbocycles. The summed E-state index contributed by atoms with van der Waals surface area (Å²) in [4.78, 5) is 95.6. The van der Waals surface area contributed by atoms with Crippen LogP contribution in [0.5, 0.6) is 0 Å². The number of methoxy groups -OCH3 is 3. The van der Waals surface area contributed by atoms with Crippen LogP contribution >= 0.6 is 0 Å². The van der Waals surface area contributed by atoms with Crippen molar-refractivity contribution in [3.05, 3.63) is 172 Å². The molecular formula is C81H96N10O11. The number of aliphatic carboxylic acids is 2. The number of carboxylic acid groups (broad SMARTS) is 2. The third-order valence-electron chi connectivity index (χ3n) is 22.1. The molecule has 5 aliphatic rings. The van der Waals surface area contributed by atoms with Gasteiger partial charge < -0.3 is 43.0 Å². The van der Waals surface area contributed by atoms with Crippen LogP contribution in [-0.4, -0.2) is 128 Å². The lowest BCUT2D eigenvalue weighted by Gasteiger charge is -2.41. The molecule has 3 amide bonds. The minimum Gasteiger partial charge on any atom is -0.481 e. The number of amides is 3. The highest BCUT2D eigenvalue weighted by Crippen LogP contribution is 2.49. The third kappa shape index (κ3) is 14.4. The van der Waals surface area contributed by atoms with E-state index in [1.54, 1.807) is 26.2 Å². The number of imidazole rings is 3. The van der Waals surface area contributed by atoms with Gasteiger partial charge >= 0.3 is 30.2 Å². The Morgan fingerprint density at radius 1 is 0.490 bits per heavy atom. The highest BCUT2D eigenvalue weighted by atomic mass is 16.6. The second-order valence-corrected chi connectivity index (χ2v) is 29.3. The number of fused-ring (bicyclic) bond motifs is 9. The zero-order valence-electron chi connectivity index (χ0n) is 60.7. The first kappa shape index (κ1) is 71.8. The summed E-state index contributed by atoms with van der Waals surface area (Å²) < 4.78 is 21.7. The molecule has 21 nitrogen and oxygen atoms in total. The van der Waals surface area contributed by atoms with Gasteiger partial charge in [0, 0.05) is 91.9 Å². The van der Waals surface area contributed by atoms with Crippen molar-refractivity contribution < 1.29 is 53.2 Å². The van der Waals surface area contributed by atoms with E-state index in [1.165, 1.54) is 38.1 Å². The predicted octanol–water partition coefficient (Wildman–Crippen LogP) is 15.5. The number of carboxylic acids is 2. The van der Waals surface area contributed by atoms with Crippen molar-refractivity contribution in [2.45, 2.75) is 181 Å². The number of rotatable bonds is 13. The SMILES string of the molecule is COC(=O)N1c2ccc3c(nc(Cc4ccc(N(C)C)cc4)n3C3CCC(C(C)=O)CC3)c2CC[C@@H]1C.COC(=O)N1c2ccc3c(nc(Cc4ccccc4)n3CC(=O)O)c2CC[C@@H]1C.COC(=O)N1c2ccc3c(nc(Cc4ccccc4)n3[C@H]3CC[C@@H](C(=O)O)C(C)(C)C3)c2CC[C@@H]1C. The fourth-order valence-electron chi connectivity index (χ4n) is 16.7. The summed E-state index contributed by atoms with van der Waals surface area (Å²) in [5, 5.41) is 19.2. The standard InChI is InChI=1S/C30H38N4O3.C29H35N3O4.C22H23N3O4/c1-19-6-15-25-26(33(19)30(36)37-5)16-17-27-29(25)31-28(18-21-7-11-23(12-8-21)32(3)4)34(27)24-13-9-22(10-14-24)20(2)35;1-18-10-12-21-23(31(18)28(35)36-4)14-15-24-26(21)30-25(16-19-8-6-5-7-9-19)32(24)20-11-13-22(27(33)34)29(2,3)17-20;1-14-8-9-16-17(25(14)22(28)29-2)10-11-18-21(16)23-19(24(18)13-20(26)27)12-15-6-4-3-5-7-15/h7-8,11-12,16-17,19,22,24H,6,9-10,13-15,18H2,1-5H3;5-9,14-15,18,20,22H,10-13,16-17H2,1-4H3,(H,33,34);3-7,10-11,14H,8-9,12-13H2,1-2H3,(H,26,27)/t19-,22?,24?;18-,20-,22-;14-/m000/s1. The maximum absolute atomic E-state index is 12.6. The molecule has 102 heavy (non-hydrogen) atoms. The Morgan fingerprint density at radius 3 is 1.28 bits per heavy atom. The maximum Gasteiger partial charge on any atom is 0.414 e. The van der Waals surface area contributed by atoms with Gasteiger partial charge in [0.1, 0.15) is 29.8 Å². The number of hydrogen-bond donors (Lipinski definition) is 2. The summed E-state index contributed by atoms with van der Waals surface area (Å²) in [6.07, 6.45) is 12.0. The summed E-state index contributed by atoms with van der Waals surface area (Å²) in [5.41, 5.74) is 15.7. The predicted molar refractivity (Wildman–Crippen MR) is 396 cm³/mol. The van der Waals surface area contributed by atoms with Crippen LogP contribution < -0.4 is 19.6 Å². The molecule has 0 saturated heterocycles. The molecule has 0 radical (unpaired) electrons. The van der Waals surface area contributed by atoms with E-state index >= 15 is 0 Å². The monoisotopic (exact) mass is 1380 g/mol. The van der Waals surface area contributed by atoms with E-state index in [1.807, 2.05) is 94.7 Å². The van der Waals surface area contributed by atoms with Crippen molar-refractivity contribution in [2.24, 2.45) is 17.3 Å².